The number of benzene rings is 1. The van der Waals surface area contributed by atoms with Crippen molar-refractivity contribution in [2.45, 2.75) is 20.0 Å². The number of carbonyl (C=O) groups is 1. The van der Waals surface area contributed by atoms with Crippen LogP contribution in [0.4, 0.5) is 0 Å². The molecule has 1 aromatic carbocycles. The Kier molecular flexibility index (Phi) is 4.62. The van der Waals surface area contributed by atoms with Gasteiger partial charge >= 0.3 is 0 Å². The van der Waals surface area contributed by atoms with Gasteiger partial charge in [0.05, 0.1) is 24.8 Å². The van der Waals surface area contributed by atoms with Gasteiger partial charge in [-0.15, -0.1) is 6.42 Å². The Balaban J connectivity index is 1.82. The summed E-state index contributed by atoms with van der Waals surface area (Å²) in [5.41, 5.74) is 2.68. The lowest BCUT2D eigenvalue weighted by Crippen LogP contribution is -2.23. The van der Waals surface area contributed by atoms with E-state index >= 15 is 0 Å². The van der Waals surface area contributed by atoms with Gasteiger partial charge in [-0.3, -0.25) is 14.3 Å². The van der Waals surface area contributed by atoms with Crippen molar-refractivity contribution in [2.24, 2.45) is 0 Å². The second kappa shape index (κ2) is 7.02. The zero-order valence-corrected chi connectivity index (χ0v) is 13.8. The monoisotopic (exact) mass is 331 g/mol. The van der Waals surface area contributed by atoms with Crippen LogP contribution < -0.4 is 5.56 Å². The highest BCUT2D eigenvalue weighted by molar-refractivity contribution is 5.96. The van der Waals surface area contributed by atoms with E-state index < -0.39 is 0 Å². The molecule has 0 fully saturated rings. The van der Waals surface area contributed by atoms with Gasteiger partial charge in [0.2, 0.25) is 0 Å². The Bertz CT molecular complexity index is 1010. The molecule has 0 aliphatic carbocycles. The first kappa shape index (κ1) is 16.5. The lowest BCUT2D eigenvalue weighted by molar-refractivity contribution is 0.0970. The van der Waals surface area contributed by atoms with E-state index in [-0.39, 0.29) is 17.9 Å². The number of terminal acetylenes is 1. The fourth-order valence-electron chi connectivity index (χ4n) is 2.62. The molecule has 0 N–H and O–H groups in total. The molecule has 3 rings (SSSR count). The minimum Gasteiger partial charge on any atom is -0.306 e. The van der Waals surface area contributed by atoms with Crippen molar-refractivity contribution in [1.29, 1.82) is 0 Å². The number of pyridine rings is 1. The van der Waals surface area contributed by atoms with Gasteiger partial charge in [0.25, 0.3) is 5.56 Å². The third kappa shape index (κ3) is 3.59. The van der Waals surface area contributed by atoms with Gasteiger partial charge < -0.3 is 4.57 Å². The summed E-state index contributed by atoms with van der Waals surface area (Å²) in [5.74, 6) is 2.29. The average Bonchev–Trinajstić information content (AvgIpc) is 2.98. The number of aromatic nitrogens is 3. The average molecular weight is 331 g/mol. The van der Waals surface area contributed by atoms with Crippen LogP contribution in [0.25, 0.3) is 0 Å². The lowest BCUT2D eigenvalue weighted by atomic mass is 10.1. The van der Waals surface area contributed by atoms with Crippen LogP contribution in [0.2, 0.25) is 0 Å². The van der Waals surface area contributed by atoms with Crippen molar-refractivity contribution in [2.75, 3.05) is 0 Å². The largest absolute Gasteiger partial charge is 0.306 e. The lowest BCUT2D eigenvalue weighted by Gasteiger charge is -2.07. The molecular weight excluding hydrogens is 314 g/mol. The van der Waals surface area contributed by atoms with E-state index in [2.05, 4.69) is 11.0 Å². The van der Waals surface area contributed by atoms with Gasteiger partial charge in [0.15, 0.2) is 5.78 Å². The Morgan fingerprint density at radius 1 is 1.20 bits per heavy atom. The van der Waals surface area contributed by atoms with Gasteiger partial charge in [0.1, 0.15) is 0 Å². The molecule has 0 radical (unpaired) electrons. The van der Waals surface area contributed by atoms with E-state index in [4.69, 9.17) is 6.42 Å². The van der Waals surface area contributed by atoms with Crippen molar-refractivity contribution in [1.82, 2.24) is 14.3 Å². The van der Waals surface area contributed by atoms with Gasteiger partial charge in [0, 0.05) is 23.5 Å². The first-order valence-electron chi connectivity index (χ1n) is 7.85. The molecule has 3 aromatic rings. The van der Waals surface area contributed by atoms with Crippen LogP contribution in [0, 0.1) is 19.3 Å². The summed E-state index contributed by atoms with van der Waals surface area (Å²) in [6.07, 6.45) is 8.42. The maximum atomic E-state index is 12.6. The van der Waals surface area contributed by atoms with Crippen LogP contribution >= 0.6 is 0 Å². The van der Waals surface area contributed by atoms with Crippen LogP contribution in [-0.4, -0.2) is 20.1 Å². The van der Waals surface area contributed by atoms with Crippen molar-refractivity contribution >= 4 is 5.78 Å². The van der Waals surface area contributed by atoms with E-state index in [0.29, 0.717) is 17.7 Å². The molecule has 2 heterocycles. The fourth-order valence-corrected chi connectivity index (χ4v) is 2.62. The number of ketones is 1. The maximum absolute atomic E-state index is 12.6. The van der Waals surface area contributed by atoms with Crippen molar-refractivity contribution in [3.63, 3.8) is 0 Å². The highest BCUT2D eigenvalue weighted by Gasteiger charge is 2.15. The van der Waals surface area contributed by atoms with Crippen molar-refractivity contribution in [3.8, 4) is 12.3 Å². The number of hydrogen-bond acceptors (Lipinski definition) is 3. The Hall–Kier alpha value is -3.39. The van der Waals surface area contributed by atoms with Crippen LogP contribution in [-0.2, 0) is 13.1 Å². The predicted molar refractivity (Wildman–Crippen MR) is 95.5 cm³/mol. The first-order valence-corrected chi connectivity index (χ1v) is 7.85. The number of rotatable bonds is 5. The van der Waals surface area contributed by atoms with E-state index in [9.17, 15) is 9.59 Å². The zero-order chi connectivity index (χ0) is 17.8. The zero-order valence-electron chi connectivity index (χ0n) is 13.8. The Morgan fingerprint density at radius 3 is 2.68 bits per heavy atom. The van der Waals surface area contributed by atoms with Crippen LogP contribution in [0.15, 0.2) is 59.7 Å². The third-order valence-electron chi connectivity index (χ3n) is 4.04. The Labute approximate surface area is 145 Å². The highest BCUT2D eigenvalue weighted by Crippen LogP contribution is 2.12. The van der Waals surface area contributed by atoms with E-state index in [1.165, 1.54) is 16.8 Å². The summed E-state index contributed by atoms with van der Waals surface area (Å²) in [5, 5.41) is 4.31. The molecule has 0 atom stereocenters. The van der Waals surface area contributed by atoms with Crippen molar-refractivity contribution < 1.29 is 4.79 Å². The second-order valence-electron chi connectivity index (χ2n) is 5.74. The normalized spacial score (nSPS) is 10.4. The molecule has 5 heteroatoms. The standard InChI is InChI=1S/C20H17N3O2/c1-3-16-9-10-20(25)22(12-16)14-19(24)18-11-21-23(15(18)2)13-17-7-5-4-6-8-17/h1,4-12H,13-14H2,2H3. The molecule has 124 valence electrons. The molecular formula is C20H17N3O2. The second-order valence-corrected chi connectivity index (χ2v) is 5.74. The van der Waals surface area contributed by atoms with Gasteiger partial charge in [-0.2, -0.15) is 5.10 Å². The van der Waals surface area contributed by atoms with E-state index in [1.54, 1.807) is 16.9 Å². The number of hydrogen-bond donors (Lipinski definition) is 0. The SMILES string of the molecule is C#Cc1ccc(=O)n(CC(=O)c2cnn(Cc3ccccc3)c2C)c1. The summed E-state index contributed by atoms with van der Waals surface area (Å²) >= 11 is 0. The quantitative estimate of drug-likeness (QED) is 0.532. The summed E-state index contributed by atoms with van der Waals surface area (Å²) in [7, 11) is 0. The molecule has 0 spiro atoms. The van der Waals surface area contributed by atoms with Crippen molar-refractivity contribution in [3.05, 3.63) is 87.6 Å². The van der Waals surface area contributed by atoms with E-state index in [0.717, 1.165) is 11.3 Å². The molecule has 0 saturated heterocycles. The number of Topliss-reactive ketones (excluding diaryl/α,β-unsaturated/α-hetero) is 1. The summed E-state index contributed by atoms with van der Waals surface area (Å²) in [6.45, 7) is 2.38. The van der Waals surface area contributed by atoms with Crippen LogP contribution in [0.5, 0.6) is 0 Å². The topological polar surface area (TPSA) is 56.9 Å². The highest BCUT2D eigenvalue weighted by atomic mass is 16.1. The molecule has 0 unspecified atom stereocenters. The van der Waals surface area contributed by atoms with Gasteiger partial charge in [-0.05, 0) is 18.6 Å². The third-order valence-corrected chi connectivity index (χ3v) is 4.04. The molecule has 0 aliphatic rings. The number of carbonyl (C=O) groups excluding carboxylic acids is 1. The smallest absolute Gasteiger partial charge is 0.251 e. The molecule has 0 aliphatic heterocycles. The minimum absolute atomic E-state index is 0.0633. The molecule has 5 nitrogen and oxygen atoms in total. The summed E-state index contributed by atoms with van der Waals surface area (Å²) < 4.78 is 3.11. The van der Waals surface area contributed by atoms with Gasteiger partial charge in [-0.1, -0.05) is 36.3 Å². The molecule has 2 aromatic heterocycles. The first-order chi connectivity index (χ1) is 12.1. The predicted octanol–water partition coefficient (Wildman–Crippen LogP) is 2.27. The minimum atomic E-state index is -0.262. The molecule has 0 amide bonds. The summed E-state index contributed by atoms with van der Waals surface area (Å²) in [6, 6.07) is 12.8. The molecule has 25 heavy (non-hydrogen) atoms. The van der Waals surface area contributed by atoms with E-state index in [1.807, 2.05) is 37.3 Å². The molecule has 0 saturated carbocycles. The Morgan fingerprint density at radius 2 is 1.96 bits per heavy atom. The van der Waals surface area contributed by atoms with Crippen LogP contribution in [0.1, 0.15) is 27.2 Å². The summed E-state index contributed by atoms with van der Waals surface area (Å²) in [4.78, 5) is 24.5. The maximum Gasteiger partial charge on any atom is 0.251 e. The number of nitrogens with zero attached hydrogens (tertiary/aromatic N) is 3. The van der Waals surface area contributed by atoms with Gasteiger partial charge in [-0.25, -0.2) is 0 Å². The van der Waals surface area contributed by atoms with Crippen LogP contribution in [0.3, 0.4) is 0 Å². The fraction of sp³-hybridized carbons (Fsp3) is 0.150. The molecule has 0 bridgehead atoms.